The zero-order valence-electron chi connectivity index (χ0n) is 14.1. The number of thioether (sulfide) groups is 1. The molecular weight excluding hydrogens is 332 g/mol. The van der Waals surface area contributed by atoms with Gasteiger partial charge in [0.2, 0.25) is 5.91 Å². The maximum Gasteiger partial charge on any atom is 0.230 e. The molecule has 0 spiro atoms. The van der Waals surface area contributed by atoms with Crippen molar-refractivity contribution in [1.82, 2.24) is 20.1 Å². The highest BCUT2D eigenvalue weighted by Gasteiger charge is 2.12. The minimum Gasteiger partial charge on any atom is -0.355 e. The quantitative estimate of drug-likeness (QED) is 0.664. The standard InChI is InChI=1S/C19H20N4OS/c1-15-21-22-19(23(15)17-10-6-3-7-11-17)25-14-18(24)20-13-12-16-8-4-2-5-9-16/h2-11H,12-14H2,1H3,(H,20,24). The number of benzene rings is 2. The van der Waals surface area contributed by atoms with Crippen LogP contribution in [0.3, 0.4) is 0 Å². The Kier molecular flexibility index (Phi) is 5.85. The van der Waals surface area contributed by atoms with Gasteiger partial charge in [0, 0.05) is 12.2 Å². The van der Waals surface area contributed by atoms with Gasteiger partial charge in [-0.15, -0.1) is 10.2 Å². The molecule has 0 saturated heterocycles. The molecule has 0 unspecified atom stereocenters. The lowest BCUT2D eigenvalue weighted by Crippen LogP contribution is -2.27. The van der Waals surface area contributed by atoms with Crippen LogP contribution in [0.4, 0.5) is 0 Å². The molecule has 25 heavy (non-hydrogen) atoms. The van der Waals surface area contributed by atoms with Gasteiger partial charge in [-0.25, -0.2) is 0 Å². The maximum absolute atomic E-state index is 12.1. The zero-order valence-corrected chi connectivity index (χ0v) is 14.9. The van der Waals surface area contributed by atoms with E-state index >= 15 is 0 Å². The molecule has 2 aromatic carbocycles. The fourth-order valence-electron chi connectivity index (χ4n) is 2.48. The smallest absolute Gasteiger partial charge is 0.230 e. The molecule has 0 atom stereocenters. The Balaban J connectivity index is 1.53. The van der Waals surface area contributed by atoms with Gasteiger partial charge in [0.25, 0.3) is 0 Å². The summed E-state index contributed by atoms with van der Waals surface area (Å²) in [7, 11) is 0. The lowest BCUT2D eigenvalue weighted by atomic mass is 10.1. The van der Waals surface area contributed by atoms with Gasteiger partial charge in [-0.05, 0) is 31.0 Å². The van der Waals surface area contributed by atoms with Crippen molar-refractivity contribution in [2.45, 2.75) is 18.5 Å². The first-order valence-electron chi connectivity index (χ1n) is 8.15. The molecule has 1 aromatic heterocycles. The molecule has 1 amide bonds. The van der Waals surface area contributed by atoms with Crippen molar-refractivity contribution in [2.24, 2.45) is 0 Å². The lowest BCUT2D eigenvalue weighted by Gasteiger charge is -2.08. The molecule has 0 saturated carbocycles. The van der Waals surface area contributed by atoms with Gasteiger partial charge < -0.3 is 5.32 Å². The second-order valence-electron chi connectivity index (χ2n) is 5.57. The molecule has 3 rings (SSSR count). The molecule has 1 heterocycles. The number of hydrogen-bond acceptors (Lipinski definition) is 4. The summed E-state index contributed by atoms with van der Waals surface area (Å²) in [6.07, 6.45) is 0.830. The topological polar surface area (TPSA) is 59.8 Å². The molecule has 3 aromatic rings. The van der Waals surface area contributed by atoms with Crippen LogP contribution in [-0.2, 0) is 11.2 Å². The van der Waals surface area contributed by atoms with E-state index in [1.807, 2.05) is 60.0 Å². The summed E-state index contributed by atoms with van der Waals surface area (Å²) in [5, 5.41) is 12.0. The van der Waals surface area contributed by atoms with E-state index in [1.165, 1.54) is 17.3 Å². The van der Waals surface area contributed by atoms with Crippen molar-refractivity contribution in [1.29, 1.82) is 0 Å². The van der Waals surface area contributed by atoms with Crippen molar-refractivity contribution >= 4 is 17.7 Å². The van der Waals surface area contributed by atoms with Gasteiger partial charge in [0.15, 0.2) is 5.16 Å². The number of aromatic nitrogens is 3. The number of amides is 1. The third kappa shape index (κ3) is 4.70. The molecule has 0 aliphatic heterocycles. The van der Waals surface area contributed by atoms with Gasteiger partial charge >= 0.3 is 0 Å². The van der Waals surface area contributed by atoms with Crippen molar-refractivity contribution < 1.29 is 4.79 Å². The van der Waals surface area contributed by atoms with Gasteiger partial charge in [0.05, 0.1) is 5.75 Å². The Bertz CT molecular complexity index is 818. The number of carbonyl (C=O) groups is 1. The molecule has 5 nitrogen and oxygen atoms in total. The van der Waals surface area contributed by atoms with E-state index in [4.69, 9.17) is 0 Å². The van der Waals surface area contributed by atoms with Crippen LogP contribution in [0, 0.1) is 6.92 Å². The number of para-hydroxylation sites is 1. The normalized spacial score (nSPS) is 10.6. The second-order valence-corrected chi connectivity index (χ2v) is 6.52. The van der Waals surface area contributed by atoms with Crippen LogP contribution in [0.1, 0.15) is 11.4 Å². The first-order chi connectivity index (χ1) is 12.2. The third-order valence-electron chi connectivity index (χ3n) is 3.72. The summed E-state index contributed by atoms with van der Waals surface area (Å²) in [5.74, 6) is 1.12. The molecule has 0 fully saturated rings. The van der Waals surface area contributed by atoms with Gasteiger partial charge in [-0.1, -0.05) is 60.3 Å². The molecule has 0 aliphatic rings. The van der Waals surface area contributed by atoms with Gasteiger partial charge in [-0.2, -0.15) is 0 Å². The minimum absolute atomic E-state index is 0.00111. The van der Waals surface area contributed by atoms with Crippen LogP contribution < -0.4 is 5.32 Å². The van der Waals surface area contributed by atoms with E-state index in [2.05, 4.69) is 27.6 Å². The Morgan fingerprint density at radius 3 is 2.44 bits per heavy atom. The molecular formula is C19H20N4OS. The maximum atomic E-state index is 12.1. The Labute approximate surface area is 151 Å². The zero-order chi connectivity index (χ0) is 17.5. The molecule has 0 aliphatic carbocycles. The number of aryl methyl sites for hydroxylation is 1. The number of carbonyl (C=O) groups excluding carboxylic acids is 1. The highest BCUT2D eigenvalue weighted by molar-refractivity contribution is 7.99. The van der Waals surface area contributed by atoms with Crippen LogP contribution in [0.5, 0.6) is 0 Å². The summed E-state index contributed by atoms with van der Waals surface area (Å²) in [4.78, 5) is 12.1. The van der Waals surface area contributed by atoms with Crippen molar-refractivity contribution in [2.75, 3.05) is 12.3 Å². The SMILES string of the molecule is Cc1nnc(SCC(=O)NCCc2ccccc2)n1-c1ccccc1. The Morgan fingerprint density at radius 2 is 1.72 bits per heavy atom. The van der Waals surface area contributed by atoms with Gasteiger partial charge in [-0.3, -0.25) is 9.36 Å². The number of nitrogens with zero attached hydrogens (tertiary/aromatic N) is 3. The predicted molar refractivity (Wildman–Crippen MR) is 100.0 cm³/mol. The average Bonchev–Trinajstić information content (AvgIpc) is 3.02. The van der Waals surface area contributed by atoms with Crippen LogP contribution in [0.2, 0.25) is 0 Å². The summed E-state index contributed by atoms with van der Waals surface area (Å²) in [6, 6.07) is 20.0. The highest BCUT2D eigenvalue weighted by Crippen LogP contribution is 2.21. The molecule has 128 valence electrons. The molecule has 0 bridgehead atoms. The van der Waals surface area contributed by atoms with E-state index in [1.54, 1.807) is 0 Å². The Morgan fingerprint density at radius 1 is 1.04 bits per heavy atom. The summed E-state index contributed by atoms with van der Waals surface area (Å²) < 4.78 is 1.96. The van der Waals surface area contributed by atoms with Crippen molar-refractivity contribution in [3.8, 4) is 5.69 Å². The average molecular weight is 352 g/mol. The third-order valence-corrected chi connectivity index (χ3v) is 4.65. The number of rotatable bonds is 7. The van der Waals surface area contributed by atoms with Gasteiger partial charge in [0.1, 0.15) is 5.82 Å². The number of nitrogens with one attached hydrogen (secondary N) is 1. The van der Waals surface area contributed by atoms with E-state index in [0.717, 1.165) is 23.1 Å². The van der Waals surface area contributed by atoms with Crippen molar-refractivity contribution in [3.05, 3.63) is 72.1 Å². The largest absolute Gasteiger partial charge is 0.355 e. The second kappa shape index (κ2) is 8.48. The lowest BCUT2D eigenvalue weighted by molar-refractivity contribution is -0.118. The molecule has 6 heteroatoms. The van der Waals surface area contributed by atoms with Crippen LogP contribution in [0.25, 0.3) is 5.69 Å². The van der Waals surface area contributed by atoms with Crippen LogP contribution in [0.15, 0.2) is 65.8 Å². The molecule has 0 radical (unpaired) electrons. The molecule has 1 N–H and O–H groups in total. The van der Waals surface area contributed by atoms with E-state index < -0.39 is 0 Å². The van der Waals surface area contributed by atoms with E-state index in [-0.39, 0.29) is 5.91 Å². The van der Waals surface area contributed by atoms with E-state index in [9.17, 15) is 4.79 Å². The minimum atomic E-state index is 0.00111. The summed E-state index contributed by atoms with van der Waals surface area (Å²) in [5.41, 5.74) is 2.21. The first-order valence-corrected chi connectivity index (χ1v) is 9.13. The fraction of sp³-hybridized carbons (Fsp3) is 0.211. The monoisotopic (exact) mass is 352 g/mol. The first kappa shape index (κ1) is 17.2. The Hall–Kier alpha value is -2.60. The van der Waals surface area contributed by atoms with E-state index in [0.29, 0.717) is 12.3 Å². The van der Waals surface area contributed by atoms with Crippen molar-refractivity contribution in [3.63, 3.8) is 0 Å². The fourth-order valence-corrected chi connectivity index (χ4v) is 3.31. The van der Waals surface area contributed by atoms with Crippen LogP contribution >= 0.6 is 11.8 Å². The summed E-state index contributed by atoms with van der Waals surface area (Å²) in [6.45, 7) is 2.54. The predicted octanol–water partition coefficient (Wildman–Crippen LogP) is 3.03. The van der Waals surface area contributed by atoms with Crippen LogP contribution in [-0.4, -0.2) is 33.0 Å². The number of hydrogen-bond donors (Lipinski definition) is 1. The highest BCUT2D eigenvalue weighted by atomic mass is 32.2. The summed E-state index contributed by atoms with van der Waals surface area (Å²) >= 11 is 1.39.